The minimum absolute atomic E-state index is 0.200. The van der Waals surface area contributed by atoms with Crippen LogP contribution in [0.25, 0.3) is 10.9 Å². The van der Waals surface area contributed by atoms with Gasteiger partial charge in [0.05, 0.1) is 12.0 Å². The number of hydrazine groups is 1. The molecule has 0 radical (unpaired) electrons. The largest absolute Gasteiger partial charge is 0.425 e. The van der Waals surface area contributed by atoms with Crippen LogP contribution in [0.5, 0.6) is 0 Å². The first-order valence-corrected chi connectivity index (χ1v) is 8.05. The smallest absolute Gasteiger partial charge is 0.374 e. The van der Waals surface area contributed by atoms with E-state index >= 15 is 0 Å². The Balaban J connectivity index is 1.72. The third kappa shape index (κ3) is 3.43. The number of benzene rings is 1. The van der Waals surface area contributed by atoms with Gasteiger partial charge in [-0.25, -0.2) is 4.98 Å². The summed E-state index contributed by atoms with van der Waals surface area (Å²) in [4.78, 5) is 30.6. The van der Waals surface area contributed by atoms with Gasteiger partial charge in [-0.3, -0.25) is 20.4 Å². The van der Waals surface area contributed by atoms with Crippen LogP contribution in [-0.2, 0) is 17.4 Å². The number of aryl methyl sites for hydroxylation is 1. The molecule has 0 saturated carbocycles. The van der Waals surface area contributed by atoms with Crippen LogP contribution in [0.1, 0.15) is 22.6 Å². The van der Waals surface area contributed by atoms with Crippen molar-refractivity contribution in [2.24, 2.45) is 7.05 Å². The van der Waals surface area contributed by atoms with E-state index < -0.39 is 35.8 Å². The summed E-state index contributed by atoms with van der Waals surface area (Å²) in [5.74, 6) is -2.70. The molecule has 0 aliphatic carbocycles. The second-order valence-electron chi connectivity index (χ2n) is 6.15. The van der Waals surface area contributed by atoms with E-state index in [2.05, 4.69) is 9.97 Å². The van der Waals surface area contributed by atoms with E-state index in [0.717, 1.165) is 10.8 Å². The van der Waals surface area contributed by atoms with Gasteiger partial charge in [0.1, 0.15) is 0 Å². The maximum Gasteiger partial charge on any atom is 0.425 e. The normalized spacial score (nSPS) is 13.9. The molecule has 28 heavy (non-hydrogen) atoms. The highest BCUT2D eigenvalue weighted by molar-refractivity contribution is 6.07. The first kappa shape index (κ1) is 19.4. The average molecular weight is 395 g/mol. The Kier molecular flexibility index (Phi) is 4.86. The summed E-state index contributed by atoms with van der Waals surface area (Å²) in [5, 5.41) is 10.7. The number of aromatic nitrogens is 3. The minimum Gasteiger partial charge on any atom is -0.374 e. The van der Waals surface area contributed by atoms with Gasteiger partial charge in [-0.05, 0) is 6.07 Å². The summed E-state index contributed by atoms with van der Waals surface area (Å²) < 4.78 is 41.3. The van der Waals surface area contributed by atoms with Crippen molar-refractivity contribution in [3.05, 3.63) is 54.2 Å². The van der Waals surface area contributed by atoms with Crippen LogP contribution >= 0.6 is 0 Å². The zero-order valence-electron chi connectivity index (χ0n) is 14.5. The predicted molar refractivity (Wildman–Crippen MR) is 91.7 cm³/mol. The molecular formula is C17H16F3N5O3. The van der Waals surface area contributed by atoms with Gasteiger partial charge in [-0.1, -0.05) is 18.2 Å². The predicted octanol–water partition coefficient (Wildman–Crippen LogP) is 1.50. The molecule has 8 nitrogen and oxygen atoms in total. The SMILES string of the molecule is Cn1ccnc1C(O)(CC(=O)NNC(=O)c1c[nH]c2ccccc12)C(F)(F)F. The second-order valence-corrected chi connectivity index (χ2v) is 6.15. The van der Waals surface area contributed by atoms with E-state index in [1.807, 2.05) is 10.9 Å². The lowest BCUT2D eigenvalue weighted by molar-refractivity contribution is -0.271. The third-order valence-corrected chi connectivity index (χ3v) is 4.23. The Hall–Kier alpha value is -3.34. The first-order chi connectivity index (χ1) is 13.1. The fraction of sp³-hybridized carbons (Fsp3) is 0.235. The zero-order chi connectivity index (χ0) is 20.5. The summed E-state index contributed by atoms with van der Waals surface area (Å²) in [6.07, 6.45) is -2.85. The fourth-order valence-electron chi connectivity index (χ4n) is 2.80. The summed E-state index contributed by atoms with van der Waals surface area (Å²) in [5.41, 5.74) is 1.31. The number of imidazole rings is 1. The van der Waals surface area contributed by atoms with Gasteiger partial charge in [-0.15, -0.1) is 0 Å². The maximum atomic E-state index is 13.4. The summed E-state index contributed by atoms with van der Waals surface area (Å²) >= 11 is 0. The Morgan fingerprint density at radius 1 is 1.25 bits per heavy atom. The van der Waals surface area contributed by atoms with Crippen molar-refractivity contribution in [2.45, 2.75) is 18.2 Å². The van der Waals surface area contributed by atoms with E-state index in [-0.39, 0.29) is 5.56 Å². The summed E-state index contributed by atoms with van der Waals surface area (Å²) in [7, 11) is 1.26. The molecule has 2 heterocycles. The molecular weight excluding hydrogens is 379 g/mol. The van der Waals surface area contributed by atoms with E-state index in [1.165, 1.54) is 19.4 Å². The number of para-hydroxylation sites is 1. The highest BCUT2D eigenvalue weighted by Gasteiger charge is 2.58. The van der Waals surface area contributed by atoms with Gasteiger partial charge in [0.2, 0.25) is 11.5 Å². The Morgan fingerprint density at radius 2 is 1.96 bits per heavy atom. The van der Waals surface area contributed by atoms with Crippen LogP contribution < -0.4 is 10.9 Å². The summed E-state index contributed by atoms with van der Waals surface area (Å²) in [6, 6.07) is 6.88. The number of nitrogens with zero attached hydrogens (tertiary/aromatic N) is 2. The van der Waals surface area contributed by atoms with E-state index in [9.17, 15) is 27.9 Å². The summed E-state index contributed by atoms with van der Waals surface area (Å²) in [6.45, 7) is 0. The lowest BCUT2D eigenvalue weighted by atomic mass is 9.97. The number of H-pyrrole nitrogens is 1. The molecule has 2 amide bonds. The second kappa shape index (κ2) is 7.00. The van der Waals surface area contributed by atoms with Crippen LogP contribution in [0.2, 0.25) is 0 Å². The molecule has 1 atom stereocenters. The molecule has 1 unspecified atom stereocenters. The van der Waals surface area contributed by atoms with Gasteiger partial charge < -0.3 is 14.7 Å². The van der Waals surface area contributed by atoms with Gasteiger partial charge in [0.15, 0.2) is 5.82 Å². The Labute approximate surface area is 156 Å². The van der Waals surface area contributed by atoms with Crippen LogP contribution in [-0.4, -0.2) is 37.6 Å². The fourth-order valence-corrected chi connectivity index (χ4v) is 2.80. The highest BCUT2D eigenvalue weighted by atomic mass is 19.4. The Morgan fingerprint density at radius 3 is 2.61 bits per heavy atom. The number of aromatic amines is 1. The Bertz CT molecular complexity index is 1030. The molecule has 11 heteroatoms. The lowest BCUT2D eigenvalue weighted by Gasteiger charge is -2.29. The molecule has 2 aromatic heterocycles. The van der Waals surface area contributed by atoms with Crippen LogP contribution in [0, 0.1) is 0 Å². The van der Waals surface area contributed by atoms with Crippen molar-refractivity contribution >= 4 is 22.7 Å². The number of carbonyl (C=O) groups excluding carboxylic acids is 2. The van der Waals surface area contributed by atoms with Gasteiger partial charge >= 0.3 is 6.18 Å². The molecule has 0 aliphatic heterocycles. The molecule has 3 aromatic rings. The maximum absolute atomic E-state index is 13.4. The number of alkyl halides is 3. The van der Waals surface area contributed by atoms with Crippen molar-refractivity contribution in [1.29, 1.82) is 0 Å². The van der Waals surface area contributed by atoms with E-state index in [0.29, 0.717) is 10.9 Å². The molecule has 148 valence electrons. The molecule has 1 aromatic carbocycles. The van der Waals surface area contributed by atoms with Gasteiger partial charge in [0, 0.05) is 36.5 Å². The van der Waals surface area contributed by atoms with Crippen LogP contribution in [0.15, 0.2) is 42.9 Å². The first-order valence-electron chi connectivity index (χ1n) is 8.05. The van der Waals surface area contributed by atoms with E-state index in [4.69, 9.17) is 0 Å². The van der Waals surface area contributed by atoms with Gasteiger partial charge in [0.25, 0.3) is 5.91 Å². The molecule has 0 aliphatic rings. The number of amides is 2. The number of hydrogen-bond acceptors (Lipinski definition) is 4. The number of aliphatic hydroxyl groups is 1. The van der Waals surface area contributed by atoms with Crippen LogP contribution in [0.3, 0.4) is 0 Å². The standard InChI is InChI=1S/C17H16F3N5O3/c1-25-7-6-21-15(25)16(28,17(18,19)20)8-13(26)23-24-14(27)11-9-22-12-5-3-2-4-10(11)12/h2-7,9,22,28H,8H2,1H3,(H,23,26)(H,24,27). The number of halogens is 3. The van der Waals surface area contributed by atoms with Gasteiger partial charge in [-0.2, -0.15) is 13.2 Å². The van der Waals surface area contributed by atoms with Crippen molar-refractivity contribution < 1.29 is 27.9 Å². The third-order valence-electron chi connectivity index (χ3n) is 4.23. The quantitative estimate of drug-likeness (QED) is 0.502. The van der Waals surface area contributed by atoms with Crippen molar-refractivity contribution in [3.8, 4) is 0 Å². The number of fused-ring (bicyclic) bond motifs is 1. The number of hydrogen-bond donors (Lipinski definition) is 4. The monoisotopic (exact) mass is 395 g/mol. The average Bonchev–Trinajstić information content (AvgIpc) is 3.25. The highest BCUT2D eigenvalue weighted by Crippen LogP contribution is 2.40. The topological polar surface area (TPSA) is 112 Å². The lowest BCUT2D eigenvalue weighted by Crippen LogP contribution is -2.50. The molecule has 3 rings (SSSR count). The minimum atomic E-state index is -5.16. The number of rotatable bonds is 4. The van der Waals surface area contributed by atoms with Crippen molar-refractivity contribution in [3.63, 3.8) is 0 Å². The molecule has 0 fully saturated rings. The number of carbonyl (C=O) groups is 2. The molecule has 0 bridgehead atoms. The number of nitrogens with one attached hydrogen (secondary N) is 3. The van der Waals surface area contributed by atoms with Crippen molar-refractivity contribution in [1.82, 2.24) is 25.4 Å². The molecule has 0 spiro atoms. The van der Waals surface area contributed by atoms with Crippen LogP contribution in [0.4, 0.5) is 13.2 Å². The molecule has 4 N–H and O–H groups in total. The zero-order valence-corrected chi connectivity index (χ0v) is 14.5. The molecule has 0 saturated heterocycles. The van der Waals surface area contributed by atoms with E-state index in [1.54, 1.807) is 24.3 Å². The van der Waals surface area contributed by atoms with Crippen molar-refractivity contribution in [2.75, 3.05) is 0 Å².